The standard InChI is InChI=1S/C59H63N3O/c1-37-22-24-39(25-23-37)41-28-29-60-50(34-41)43-30-42(31-44(32-43)56(2,3)4)46-20-17-21-52-53(46)61-55(47-35-45(57(5,6)7)36-49(54(47)63)59(11,12)13)62(52)51-27-26-40(33-48(51)58(8,9)10)38-18-15-14-16-19-38/h14-36,63H,1-13H3/i1D3,5D3,6D3,7D3,11D3,12D3,13D3,22D,23D,24D,25D,28D,29D,34D. The predicted molar refractivity (Wildman–Crippen MR) is 267 cm³/mol. The second kappa shape index (κ2) is 15.8. The number of nitrogens with zero attached hydrogens (tertiary/aromatic N) is 3. The molecule has 0 aliphatic rings. The van der Waals surface area contributed by atoms with Gasteiger partial charge in [-0.3, -0.25) is 9.55 Å². The molecule has 0 aliphatic carbocycles. The van der Waals surface area contributed by atoms with Gasteiger partial charge in [0.05, 0.1) is 37.6 Å². The van der Waals surface area contributed by atoms with E-state index in [1.807, 2.05) is 77.9 Å². The van der Waals surface area contributed by atoms with Gasteiger partial charge in [0, 0.05) is 51.6 Å². The highest BCUT2D eigenvalue weighted by Crippen LogP contribution is 2.46. The second-order valence-corrected chi connectivity index (χ2v) is 17.7. The number of rotatable bonds is 6. The molecule has 0 fully saturated rings. The highest BCUT2D eigenvalue weighted by molar-refractivity contribution is 5.97. The molecule has 0 atom stereocenters. The molecule has 8 rings (SSSR count). The molecule has 63 heavy (non-hydrogen) atoms. The summed E-state index contributed by atoms with van der Waals surface area (Å²) in [6.07, 6.45) is -0.778. The van der Waals surface area contributed by atoms with Crippen molar-refractivity contribution in [3.05, 3.63) is 167 Å². The number of imidazole rings is 1. The third-order valence-corrected chi connectivity index (χ3v) is 10.9. The molecule has 0 saturated heterocycles. The molecule has 0 saturated carbocycles. The molecule has 2 aromatic heterocycles. The average molecular weight is 858 g/mol. The van der Waals surface area contributed by atoms with E-state index in [9.17, 15) is 6.48 Å². The van der Waals surface area contributed by atoms with Crippen molar-refractivity contribution in [1.29, 1.82) is 0 Å². The minimum Gasteiger partial charge on any atom is -0.507 e. The van der Waals surface area contributed by atoms with Crippen LogP contribution in [-0.2, 0) is 21.7 Å². The van der Waals surface area contributed by atoms with E-state index in [1.165, 1.54) is 10.6 Å². The molecule has 8 aromatic rings. The smallest absolute Gasteiger partial charge is 0.149 e. The maximum atomic E-state index is 13.1. The van der Waals surface area contributed by atoms with Crippen molar-refractivity contribution in [2.75, 3.05) is 0 Å². The van der Waals surface area contributed by atoms with Crippen LogP contribution in [0.3, 0.4) is 0 Å². The molecule has 0 amide bonds. The second-order valence-electron chi connectivity index (χ2n) is 17.7. The Kier molecular flexibility index (Phi) is 5.26. The van der Waals surface area contributed by atoms with Crippen LogP contribution in [0.5, 0.6) is 5.75 Å². The van der Waals surface area contributed by atoms with Crippen molar-refractivity contribution in [3.63, 3.8) is 0 Å². The van der Waals surface area contributed by atoms with Crippen molar-refractivity contribution in [3.8, 4) is 67.5 Å². The minimum atomic E-state index is -4.24. The van der Waals surface area contributed by atoms with Crippen molar-refractivity contribution in [1.82, 2.24) is 14.5 Å². The fraction of sp³-hybridized carbons (Fsp3) is 0.288. The fourth-order valence-corrected chi connectivity index (χ4v) is 7.58. The monoisotopic (exact) mass is 858 g/mol. The molecule has 4 heteroatoms. The first-order valence-corrected chi connectivity index (χ1v) is 20.1. The van der Waals surface area contributed by atoms with Crippen LogP contribution in [0.1, 0.15) is 149 Å². The Labute approximate surface area is 415 Å². The van der Waals surface area contributed by atoms with Gasteiger partial charge >= 0.3 is 0 Å². The lowest BCUT2D eigenvalue weighted by molar-refractivity contribution is 0.446. The molecule has 0 spiro atoms. The maximum absolute atomic E-state index is 13.1. The summed E-state index contributed by atoms with van der Waals surface area (Å²) in [6.45, 7) is -17.2. The van der Waals surface area contributed by atoms with Crippen LogP contribution in [0, 0.1) is 6.85 Å². The van der Waals surface area contributed by atoms with E-state index >= 15 is 0 Å². The predicted octanol–water partition coefficient (Wildman–Crippen LogP) is 16.0. The van der Waals surface area contributed by atoms with Crippen LogP contribution in [0.15, 0.2) is 139 Å². The van der Waals surface area contributed by atoms with Crippen LogP contribution < -0.4 is 0 Å². The number of hydrogen-bond acceptors (Lipinski definition) is 3. The number of aromatic nitrogens is 3. The molecular weight excluding hydrogens is 767 g/mol. The number of phenols is 1. The van der Waals surface area contributed by atoms with Crippen molar-refractivity contribution >= 4 is 11.0 Å². The van der Waals surface area contributed by atoms with Crippen molar-refractivity contribution in [2.45, 2.75) is 111 Å². The molecule has 320 valence electrons. The van der Waals surface area contributed by atoms with Crippen molar-refractivity contribution < 1.29 is 43.5 Å². The zero-order chi connectivity index (χ0) is 68.8. The van der Waals surface area contributed by atoms with E-state index in [0.717, 1.165) is 5.56 Å². The van der Waals surface area contributed by atoms with E-state index in [0.29, 0.717) is 22.8 Å². The van der Waals surface area contributed by atoms with E-state index in [2.05, 4.69) is 4.98 Å². The zero-order valence-electron chi connectivity index (χ0n) is 63.5. The lowest BCUT2D eigenvalue weighted by atomic mass is 9.78. The first kappa shape index (κ1) is 20.9. The Morgan fingerprint density at radius 2 is 1.27 bits per heavy atom. The van der Waals surface area contributed by atoms with Gasteiger partial charge in [-0.05, 0) is 122 Å². The number of benzene rings is 6. The summed E-state index contributed by atoms with van der Waals surface area (Å²) in [5, 5.41) is 13.1. The third kappa shape index (κ3) is 8.61. The maximum Gasteiger partial charge on any atom is 0.149 e. The average Bonchev–Trinajstić information content (AvgIpc) is 1.14. The van der Waals surface area contributed by atoms with Gasteiger partial charge in [0.15, 0.2) is 0 Å². The van der Waals surface area contributed by atoms with Gasteiger partial charge in [-0.1, -0.05) is 173 Å². The molecule has 6 aromatic carbocycles. The molecule has 0 bridgehead atoms. The minimum absolute atomic E-state index is 0.0456. The van der Waals surface area contributed by atoms with E-state index in [4.69, 9.17) is 42.0 Å². The quantitative estimate of drug-likeness (QED) is 0.181. The first-order chi connectivity index (χ1) is 41.2. The van der Waals surface area contributed by atoms with Gasteiger partial charge in [0.1, 0.15) is 11.6 Å². The molecule has 0 aliphatic heterocycles. The van der Waals surface area contributed by atoms with Gasteiger partial charge in [-0.15, -0.1) is 0 Å². The first-order valence-electron chi connectivity index (χ1n) is 34.1. The van der Waals surface area contributed by atoms with Gasteiger partial charge in [0.2, 0.25) is 0 Å². The van der Waals surface area contributed by atoms with Crippen LogP contribution >= 0.6 is 0 Å². The van der Waals surface area contributed by atoms with Gasteiger partial charge in [-0.25, -0.2) is 4.98 Å². The van der Waals surface area contributed by atoms with Crippen LogP contribution in [0.25, 0.3) is 72.7 Å². The Bertz CT molecular complexity index is 4090. The van der Waals surface area contributed by atoms with E-state index < -0.39 is 157 Å². The highest BCUT2D eigenvalue weighted by Gasteiger charge is 2.30. The molecule has 0 unspecified atom stereocenters. The molecule has 0 radical (unpaired) electrons. The van der Waals surface area contributed by atoms with Crippen molar-refractivity contribution in [2.24, 2.45) is 0 Å². The number of aromatic hydroxyl groups is 1. The van der Waals surface area contributed by atoms with Gasteiger partial charge in [-0.2, -0.15) is 0 Å². The lowest BCUT2D eigenvalue weighted by Gasteiger charge is -2.28. The van der Waals surface area contributed by atoms with E-state index in [1.54, 1.807) is 42.5 Å². The summed E-state index contributed by atoms with van der Waals surface area (Å²) < 4.78 is 246. The molecular formula is C59H63N3O. The SMILES string of the molecule is [2H]c1nc(-c2cc(-c3cccc4c3nc(-c3cc(C(C([2H])([2H])[2H])(C([2H])([2H])[2H])C([2H])([2H])[2H])cc(C(C([2H])([2H])[2H])(C([2H])([2H])[2H])C([2H])([2H])[2H])c3O)n4-c3ccc(-c4ccccc4)cc3C(C)(C)C)cc(C(C)(C)C)c2)c([2H])c(-c2c([2H])c([2H])c(C([2H])([2H])[2H])c([2H])c2[2H])c1[2H]. The summed E-state index contributed by atoms with van der Waals surface area (Å²) in [7, 11) is 0. The number of phenolic OH excluding ortho intramolecular Hbond substituents is 1. The topological polar surface area (TPSA) is 50.9 Å². The molecule has 2 heterocycles. The fourth-order valence-electron chi connectivity index (χ4n) is 7.58. The van der Waals surface area contributed by atoms with Crippen LogP contribution in [0.4, 0.5) is 0 Å². The lowest BCUT2D eigenvalue weighted by Crippen LogP contribution is -2.18. The van der Waals surface area contributed by atoms with Gasteiger partial charge in [0.25, 0.3) is 0 Å². The van der Waals surface area contributed by atoms with E-state index in [-0.39, 0.29) is 45.2 Å². The Morgan fingerprint density at radius 3 is 1.95 bits per heavy atom. The summed E-state index contributed by atoms with van der Waals surface area (Å²) in [5.74, 6) is -2.03. The number of pyridine rings is 1. The highest BCUT2D eigenvalue weighted by atomic mass is 16.3. The number of para-hydroxylation sites is 1. The largest absolute Gasteiger partial charge is 0.507 e. The summed E-state index contributed by atoms with van der Waals surface area (Å²) in [6, 6.07) is 19.6. The summed E-state index contributed by atoms with van der Waals surface area (Å²) >= 11 is 0. The number of fused-ring (bicyclic) bond motifs is 1. The molecule has 4 nitrogen and oxygen atoms in total. The summed E-state index contributed by atoms with van der Waals surface area (Å²) in [5.41, 5.74) is -13.1. The normalized spacial score (nSPS) is 20.5. The third-order valence-electron chi connectivity index (χ3n) is 10.9. The Hall–Kier alpha value is -6.26. The van der Waals surface area contributed by atoms with Gasteiger partial charge < -0.3 is 5.11 Å². The molecule has 1 N–H and O–H groups in total. The number of hydrogen-bond donors (Lipinski definition) is 1. The summed E-state index contributed by atoms with van der Waals surface area (Å²) in [4.78, 5) is 9.44. The van der Waals surface area contributed by atoms with Crippen LogP contribution in [0.2, 0.25) is 0 Å². The Morgan fingerprint density at radius 1 is 0.556 bits per heavy atom. The van der Waals surface area contributed by atoms with Crippen LogP contribution in [-0.4, -0.2) is 19.6 Å². The zero-order valence-corrected chi connectivity index (χ0v) is 35.5. The Balaban J connectivity index is 1.62.